The minimum Gasteiger partial charge on any atom is -0.392 e. The van der Waals surface area contributed by atoms with Gasteiger partial charge in [0.2, 0.25) is 0 Å². The maximum absolute atomic E-state index is 13.2. The molecule has 3 heteroatoms. The quantitative estimate of drug-likeness (QED) is 0.614. The monoisotopic (exact) mass is 226 g/mol. The van der Waals surface area contributed by atoms with Crippen molar-refractivity contribution >= 4 is 11.8 Å². The molecule has 15 heavy (non-hydrogen) atoms. The van der Waals surface area contributed by atoms with Crippen molar-refractivity contribution in [3.05, 3.63) is 42.2 Å². The number of halogens is 1. The van der Waals surface area contributed by atoms with E-state index in [1.165, 1.54) is 17.8 Å². The highest BCUT2D eigenvalue weighted by Gasteiger charge is 2.07. The normalized spacial score (nSPS) is 12.5. The van der Waals surface area contributed by atoms with Gasteiger partial charge >= 0.3 is 0 Å². The number of rotatable bonds is 5. The summed E-state index contributed by atoms with van der Waals surface area (Å²) in [4.78, 5) is 0.582. The topological polar surface area (TPSA) is 20.2 Å². The van der Waals surface area contributed by atoms with E-state index >= 15 is 0 Å². The number of benzene rings is 1. The van der Waals surface area contributed by atoms with Gasteiger partial charge in [-0.1, -0.05) is 17.7 Å². The van der Waals surface area contributed by atoms with Crippen LogP contribution in [0.3, 0.4) is 0 Å². The smallest absolute Gasteiger partial charge is 0.136 e. The Labute approximate surface area is 94.0 Å². The summed E-state index contributed by atoms with van der Waals surface area (Å²) in [5, 5.41) is 9.57. The van der Waals surface area contributed by atoms with Crippen molar-refractivity contribution in [1.29, 1.82) is 0 Å². The molecule has 0 amide bonds. The van der Waals surface area contributed by atoms with Gasteiger partial charge in [0, 0.05) is 10.6 Å². The summed E-state index contributed by atoms with van der Waals surface area (Å²) < 4.78 is 13.2. The molecule has 0 fully saturated rings. The number of aliphatic hydroxyl groups excluding tert-OH is 1. The molecule has 0 spiro atoms. The van der Waals surface area contributed by atoms with E-state index < -0.39 is 6.10 Å². The zero-order valence-corrected chi connectivity index (χ0v) is 9.56. The Morgan fingerprint density at radius 3 is 2.80 bits per heavy atom. The third-order valence-corrected chi connectivity index (χ3v) is 3.05. The number of hydrogen-bond donors (Lipinski definition) is 1. The fourth-order valence-electron chi connectivity index (χ4n) is 1.21. The Bertz CT molecular complexity index is 338. The molecular formula is C12H15FOS. The Morgan fingerprint density at radius 1 is 1.53 bits per heavy atom. The van der Waals surface area contributed by atoms with E-state index in [9.17, 15) is 9.50 Å². The molecule has 1 aromatic carbocycles. The minimum absolute atomic E-state index is 0.231. The van der Waals surface area contributed by atoms with Crippen LogP contribution < -0.4 is 0 Å². The maximum Gasteiger partial charge on any atom is 0.136 e. The van der Waals surface area contributed by atoms with Crippen molar-refractivity contribution < 1.29 is 9.50 Å². The van der Waals surface area contributed by atoms with E-state index in [2.05, 4.69) is 6.58 Å². The zero-order chi connectivity index (χ0) is 11.3. The number of hydrogen-bond acceptors (Lipinski definition) is 2. The Hall–Kier alpha value is -0.800. The molecule has 0 aliphatic heterocycles. The van der Waals surface area contributed by atoms with Gasteiger partial charge in [-0.2, -0.15) is 0 Å². The van der Waals surface area contributed by atoms with Crippen LogP contribution in [0.1, 0.15) is 13.3 Å². The van der Waals surface area contributed by atoms with Crippen molar-refractivity contribution in [2.75, 3.05) is 5.75 Å². The van der Waals surface area contributed by atoms with E-state index in [4.69, 9.17) is 0 Å². The van der Waals surface area contributed by atoms with Gasteiger partial charge in [0.25, 0.3) is 0 Å². The molecule has 1 nitrogen and oxygen atoms in total. The van der Waals surface area contributed by atoms with Crippen LogP contribution in [0.4, 0.5) is 4.39 Å². The van der Waals surface area contributed by atoms with Gasteiger partial charge in [0.15, 0.2) is 0 Å². The van der Waals surface area contributed by atoms with E-state index in [1.54, 1.807) is 18.2 Å². The SMILES string of the molecule is C=C(C)CC(O)CSc1ccccc1F. The second-order valence-electron chi connectivity index (χ2n) is 3.56. The zero-order valence-electron chi connectivity index (χ0n) is 8.74. The highest BCUT2D eigenvalue weighted by molar-refractivity contribution is 7.99. The van der Waals surface area contributed by atoms with Crippen molar-refractivity contribution in [1.82, 2.24) is 0 Å². The van der Waals surface area contributed by atoms with Gasteiger partial charge in [-0.15, -0.1) is 18.3 Å². The van der Waals surface area contributed by atoms with Crippen LogP contribution in [-0.2, 0) is 0 Å². The predicted octanol–water partition coefficient (Wildman–Crippen LogP) is 3.24. The maximum atomic E-state index is 13.2. The first kappa shape index (κ1) is 12.3. The van der Waals surface area contributed by atoms with Crippen molar-refractivity contribution in [2.45, 2.75) is 24.3 Å². The van der Waals surface area contributed by atoms with Gasteiger partial charge in [0.05, 0.1) is 6.10 Å². The molecule has 0 aliphatic rings. The molecule has 0 heterocycles. The molecule has 0 aromatic heterocycles. The van der Waals surface area contributed by atoms with Crippen LogP contribution >= 0.6 is 11.8 Å². The fourth-order valence-corrected chi connectivity index (χ4v) is 2.08. The molecule has 1 rings (SSSR count). The van der Waals surface area contributed by atoms with E-state index in [1.807, 2.05) is 6.92 Å². The third-order valence-electron chi connectivity index (χ3n) is 1.85. The highest BCUT2D eigenvalue weighted by Crippen LogP contribution is 2.22. The van der Waals surface area contributed by atoms with Crippen LogP contribution in [0.25, 0.3) is 0 Å². The van der Waals surface area contributed by atoms with Gasteiger partial charge in [-0.3, -0.25) is 0 Å². The molecule has 82 valence electrons. The Morgan fingerprint density at radius 2 is 2.20 bits per heavy atom. The molecular weight excluding hydrogens is 211 g/mol. The van der Waals surface area contributed by atoms with Gasteiger partial charge in [-0.25, -0.2) is 4.39 Å². The second kappa shape index (κ2) is 5.93. The summed E-state index contributed by atoms with van der Waals surface area (Å²) in [5.41, 5.74) is 0.941. The molecule has 0 aliphatic carbocycles. The molecule has 1 atom stereocenters. The average molecular weight is 226 g/mol. The van der Waals surface area contributed by atoms with E-state index in [0.29, 0.717) is 17.1 Å². The molecule has 1 aromatic rings. The van der Waals surface area contributed by atoms with Gasteiger partial charge in [-0.05, 0) is 25.5 Å². The Balaban J connectivity index is 2.43. The molecule has 0 saturated heterocycles. The first-order valence-corrected chi connectivity index (χ1v) is 5.78. The van der Waals surface area contributed by atoms with Crippen LogP contribution in [0.2, 0.25) is 0 Å². The fraction of sp³-hybridized carbons (Fsp3) is 0.333. The molecule has 1 unspecified atom stereocenters. The summed E-state index contributed by atoms with van der Waals surface area (Å²) in [6.45, 7) is 5.60. The average Bonchev–Trinajstić information content (AvgIpc) is 2.15. The predicted molar refractivity (Wildman–Crippen MR) is 62.6 cm³/mol. The Kier molecular flexibility index (Phi) is 4.85. The van der Waals surface area contributed by atoms with Crippen LogP contribution in [-0.4, -0.2) is 17.0 Å². The van der Waals surface area contributed by atoms with Gasteiger partial charge < -0.3 is 5.11 Å². The number of thioether (sulfide) groups is 1. The minimum atomic E-state index is -0.452. The summed E-state index contributed by atoms with van der Waals surface area (Å²) in [5.74, 6) is 0.262. The number of aliphatic hydroxyl groups is 1. The molecule has 0 radical (unpaired) electrons. The van der Waals surface area contributed by atoms with E-state index in [-0.39, 0.29) is 5.82 Å². The first-order chi connectivity index (χ1) is 7.09. The molecule has 1 N–H and O–H groups in total. The lowest BCUT2D eigenvalue weighted by molar-refractivity contribution is 0.200. The summed E-state index contributed by atoms with van der Waals surface area (Å²) in [7, 11) is 0. The van der Waals surface area contributed by atoms with Crippen molar-refractivity contribution in [3.8, 4) is 0 Å². The molecule has 0 bridgehead atoms. The summed E-state index contributed by atoms with van der Waals surface area (Å²) in [6, 6.07) is 6.58. The summed E-state index contributed by atoms with van der Waals surface area (Å²) >= 11 is 1.33. The largest absolute Gasteiger partial charge is 0.392 e. The van der Waals surface area contributed by atoms with Crippen molar-refractivity contribution in [3.63, 3.8) is 0 Å². The molecule has 0 saturated carbocycles. The lowest BCUT2D eigenvalue weighted by Crippen LogP contribution is -2.09. The van der Waals surface area contributed by atoms with Gasteiger partial charge in [0.1, 0.15) is 5.82 Å². The standard InChI is InChI=1S/C12H15FOS/c1-9(2)7-10(14)8-15-12-6-4-3-5-11(12)13/h3-6,10,14H,1,7-8H2,2H3. The lowest BCUT2D eigenvalue weighted by Gasteiger charge is -2.09. The van der Waals surface area contributed by atoms with Crippen molar-refractivity contribution in [2.24, 2.45) is 0 Å². The van der Waals surface area contributed by atoms with Crippen LogP contribution in [0, 0.1) is 5.82 Å². The first-order valence-electron chi connectivity index (χ1n) is 4.79. The van der Waals surface area contributed by atoms with Crippen LogP contribution in [0.5, 0.6) is 0 Å². The van der Waals surface area contributed by atoms with E-state index in [0.717, 1.165) is 5.57 Å². The summed E-state index contributed by atoms with van der Waals surface area (Å²) in [6.07, 6.45) is 0.119. The second-order valence-corrected chi connectivity index (χ2v) is 4.62. The third kappa shape index (κ3) is 4.49. The highest BCUT2D eigenvalue weighted by atomic mass is 32.2. The lowest BCUT2D eigenvalue weighted by atomic mass is 10.2. The van der Waals surface area contributed by atoms with Crippen LogP contribution in [0.15, 0.2) is 41.3 Å².